The summed E-state index contributed by atoms with van der Waals surface area (Å²) >= 11 is 5.94. The predicted octanol–water partition coefficient (Wildman–Crippen LogP) is 2.16. The molecule has 0 aliphatic carbocycles. The summed E-state index contributed by atoms with van der Waals surface area (Å²) in [6.07, 6.45) is 2.99. The van der Waals surface area contributed by atoms with Crippen LogP contribution in [0.1, 0.15) is 29.6 Å². The van der Waals surface area contributed by atoms with E-state index in [9.17, 15) is 14.9 Å². The van der Waals surface area contributed by atoms with Crippen molar-refractivity contribution in [2.75, 3.05) is 18.5 Å². The van der Waals surface area contributed by atoms with E-state index in [1.165, 1.54) is 12.1 Å². The number of likely N-dealkylation sites (tertiary alicyclic amines) is 1. The first-order valence-electron chi connectivity index (χ1n) is 6.28. The van der Waals surface area contributed by atoms with Crippen molar-refractivity contribution in [1.82, 2.24) is 4.90 Å². The van der Waals surface area contributed by atoms with Crippen LogP contribution in [0.15, 0.2) is 12.1 Å². The zero-order valence-electron chi connectivity index (χ0n) is 10.8. The number of hydrogen-bond acceptors (Lipinski definition) is 5. The molecule has 0 spiro atoms. The van der Waals surface area contributed by atoms with Crippen LogP contribution in [-0.4, -0.2) is 28.8 Å². The Labute approximate surface area is 120 Å². The summed E-state index contributed by atoms with van der Waals surface area (Å²) in [5.41, 5.74) is 2.10. The molecule has 20 heavy (non-hydrogen) atoms. The topological polar surface area (TPSA) is 102 Å². The number of halogens is 1. The lowest BCUT2D eigenvalue weighted by atomic mass is 10.1. The summed E-state index contributed by atoms with van der Waals surface area (Å²) in [4.78, 5) is 24.4. The second-order valence-corrected chi connectivity index (χ2v) is 5.01. The van der Waals surface area contributed by atoms with Crippen LogP contribution in [0.2, 0.25) is 5.02 Å². The molecule has 108 valence electrons. The second-order valence-electron chi connectivity index (χ2n) is 4.61. The third-order valence-corrected chi connectivity index (χ3v) is 3.60. The number of hydrogen-bond donors (Lipinski definition) is 2. The quantitative estimate of drug-likeness (QED) is 0.506. The minimum Gasteiger partial charge on any atom is -0.339 e. The van der Waals surface area contributed by atoms with Crippen molar-refractivity contribution in [1.29, 1.82) is 0 Å². The molecule has 7 nitrogen and oxygen atoms in total. The molecule has 1 aliphatic heterocycles. The maximum Gasteiger partial charge on any atom is 0.295 e. The van der Waals surface area contributed by atoms with Crippen LogP contribution < -0.4 is 11.3 Å². The molecule has 1 aromatic carbocycles. The number of rotatable bonds is 3. The van der Waals surface area contributed by atoms with Crippen LogP contribution in [0.5, 0.6) is 0 Å². The Morgan fingerprint density at radius 3 is 2.55 bits per heavy atom. The van der Waals surface area contributed by atoms with E-state index in [-0.39, 0.29) is 27.9 Å². The Hall–Kier alpha value is -1.86. The smallest absolute Gasteiger partial charge is 0.295 e. The summed E-state index contributed by atoms with van der Waals surface area (Å²) in [5.74, 6) is 4.99. The third-order valence-electron chi connectivity index (χ3n) is 3.30. The number of piperidine rings is 1. The molecule has 1 heterocycles. The number of carbonyl (C=O) groups excluding carboxylic acids is 1. The van der Waals surface area contributed by atoms with Gasteiger partial charge in [-0.2, -0.15) is 0 Å². The molecule has 1 amide bonds. The molecule has 0 saturated carbocycles. The fraction of sp³-hybridized carbons (Fsp3) is 0.417. The van der Waals surface area contributed by atoms with E-state index in [2.05, 4.69) is 5.43 Å². The maximum absolute atomic E-state index is 12.3. The molecule has 0 atom stereocenters. The normalized spacial score (nSPS) is 15.0. The predicted molar refractivity (Wildman–Crippen MR) is 75.7 cm³/mol. The molecule has 0 aromatic heterocycles. The highest BCUT2D eigenvalue weighted by Crippen LogP contribution is 2.33. The van der Waals surface area contributed by atoms with Gasteiger partial charge in [-0.3, -0.25) is 20.8 Å². The lowest BCUT2D eigenvalue weighted by molar-refractivity contribution is -0.384. The number of nitrogens with one attached hydrogen (secondary N) is 1. The SMILES string of the molecule is NNc1c(Cl)cc(C(=O)N2CCCCC2)cc1[N+](=O)[O-]. The molecule has 2 rings (SSSR count). The third kappa shape index (κ3) is 2.83. The van der Waals surface area contributed by atoms with E-state index in [0.29, 0.717) is 13.1 Å². The fourth-order valence-electron chi connectivity index (χ4n) is 2.28. The lowest BCUT2D eigenvalue weighted by Gasteiger charge is -2.26. The largest absolute Gasteiger partial charge is 0.339 e. The van der Waals surface area contributed by atoms with Gasteiger partial charge in [0.15, 0.2) is 0 Å². The van der Waals surface area contributed by atoms with E-state index in [0.717, 1.165) is 19.3 Å². The van der Waals surface area contributed by atoms with Gasteiger partial charge in [-0.15, -0.1) is 0 Å². The molecule has 0 unspecified atom stereocenters. The highest BCUT2D eigenvalue weighted by atomic mass is 35.5. The zero-order chi connectivity index (χ0) is 14.7. The Balaban J connectivity index is 2.36. The summed E-state index contributed by atoms with van der Waals surface area (Å²) in [5, 5.41) is 11.1. The van der Waals surface area contributed by atoms with Crippen LogP contribution >= 0.6 is 11.6 Å². The van der Waals surface area contributed by atoms with Crippen molar-refractivity contribution in [3.05, 3.63) is 32.8 Å². The summed E-state index contributed by atoms with van der Waals surface area (Å²) in [7, 11) is 0. The average Bonchev–Trinajstić information content (AvgIpc) is 2.46. The van der Waals surface area contributed by atoms with Gasteiger partial charge in [0.25, 0.3) is 11.6 Å². The van der Waals surface area contributed by atoms with E-state index < -0.39 is 4.92 Å². The average molecular weight is 299 g/mol. The van der Waals surface area contributed by atoms with Gasteiger partial charge in [-0.1, -0.05) is 11.6 Å². The highest BCUT2D eigenvalue weighted by Gasteiger charge is 2.24. The maximum atomic E-state index is 12.3. The molecule has 8 heteroatoms. The van der Waals surface area contributed by atoms with Gasteiger partial charge in [0, 0.05) is 24.7 Å². The minimum atomic E-state index is -0.617. The number of nitrogens with zero attached hydrogens (tertiary/aromatic N) is 2. The molecule has 1 aromatic rings. The minimum absolute atomic E-state index is 0.00635. The Morgan fingerprint density at radius 1 is 1.35 bits per heavy atom. The van der Waals surface area contributed by atoms with Gasteiger partial charge in [-0.25, -0.2) is 0 Å². The Kier molecular flexibility index (Phi) is 4.41. The number of benzene rings is 1. The first kappa shape index (κ1) is 14.5. The molecule has 1 saturated heterocycles. The molecule has 3 N–H and O–H groups in total. The molecular formula is C12H15ClN4O3. The van der Waals surface area contributed by atoms with Crippen molar-refractivity contribution >= 4 is 28.9 Å². The van der Waals surface area contributed by atoms with Crippen molar-refractivity contribution in [2.24, 2.45) is 5.84 Å². The first-order chi connectivity index (χ1) is 9.54. The van der Waals surface area contributed by atoms with Crippen LogP contribution in [0, 0.1) is 10.1 Å². The number of hydrazine groups is 1. The van der Waals surface area contributed by atoms with Crippen LogP contribution in [0.25, 0.3) is 0 Å². The fourth-order valence-corrected chi connectivity index (χ4v) is 2.55. The van der Waals surface area contributed by atoms with Crippen molar-refractivity contribution in [2.45, 2.75) is 19.3 Å². The summed E-state index contributed by atoms with van der Waals surface area (Å²) in [6, 6.07) is 2.61. The highest BCUT2D eigenvalue weighted by molar-refractivity contribution is 6.34. The molecular weight excluding hydrogens is 284 g/mol. The molecule has 1 aliphatic rings. The number of carbonyl (C=O) groups is 1. The van der Waals surface area contributed by atoms with E-state index in [1.807, 2.05) is 0 Å². The number of nitro groups is 1. The lowest BCUT2D eigenvalue weighted by Crippen LogP contribution is -2.35. The molecule has 1 fully saturated rings. The Bertz CT molecular complexity index is 544. The molecule has 0 bridgehead atoms. The van der Waals surface area contributed by atoms with Gasteiger partial charge >= 0.3 is 0 Å². The number of anilines is 1. The summed E-state index contributed by atoms with van der Waals surface area (Å²) < 4.78 is 0. The summed E-state index contributed by atoms with van der Waals surface area (Å²) in [6.45, 7) is 1.34. The van der Waals surface area contributed by atoms with E-state index in [4.69, 9.17) is 17.4 Å². The van der Waals surface area contributed by atoms with Gasteiger partial charge in [0.1, 0.15) is 5.69 Å². The van der Waals surface area contributed by atoms with Crippen LogP contribution in [-0.2, 0) is 0 Å². The van der Waals surface area contributed by atoms with Crippen molar-refractivity contribution < 1.29 is 9.72 Å². The standard InChI is InChI=1S/C12H15ClN4O3/c13-9-6-8(7-10(17(19)20)11(9)15-14)12(18)16-4-2-1-3-5-16/h6-7,15H,1-5,14H2. The number of nitrogens with two attached hydrogens (primary N) is 1. The molecule has 0 radical (unpaired) electrons. The van der Waals surface area contributed by atoms with Crippen molar-refractivity contribution in [3.8, 4) is 0 Å². The Morgan fingerprint density at radius 2 is 2.00 bits per heavy atom. The monoisotopic (exact) mass is 298 g/mol. The van der Waals surface area contributed by atoms with Crippen molar-refractivity contribution in [3.63, 3.8) is 0 Å². The van der Waals surface area contributed by atoms with Gasteiger partial charge in [0.2, 0.25) is 0 Å². The second kappa shape index (κ2) is 6.06. The van der Waals surface area contributed by atoms with Crippen LogP contribution in [0.4, 0.5) is 11.4 Å². The number of nitro benzene ring substituents is 1. The zero-order valence-corrected chi connectivity index (χ0v) is 11.5. The van der Waals surface area contributed by atoms with Gasteiger partial charge < -0.3 is 10.3 Å². The van der Waals surface area contributed by atoms with E-state index in [1.54, 1.807) is 4.90 Å². The van der Waals surface area contributed by atoms with E-state index >= 15 is 0 Å². The van der Waals surface area contributed by atoms with Crippen LogP contribution in [0.3, 0.4) is 0 Å². The van der Waals surface area contributed by atoms with Gasteiger partial charge in [0.05, 0.1) is 9.95 Å². The van der Waals surface area contributed by atoms with Gasteiger partial charge in [-0.05, 0) is 25.3 Å². The number of amides is 1. The first-order valence-corrected chi connectivity index (χ1v) is 6.66. The number of nitrogen functional groups attached to an aromatic ring is 1.